The van der Waals surface area contributed by atoms with Crippen LogP contribution in [0.5, 0.6) is 5.75 Å². The van der Waals surface area contributed by atoms with Crippen molar-refractivity contribution in [2.75, 3.05) is 25.1 Å². The van der Waals surface area contributed by atoms with Crippen LogP contribution in [-0.2, 0) is 25.7 Å². The molecule has 0 unspecified atom stereocenters. The topological polar surface area (TPSA) is 106 Å². The van der Waals surface area contributed by atoms with E-state index in [1.165, 1.54) is 12.1 Å². The number of hydrogen-bond acceptors (Lipinski definition) is 5. The lowest BCUT2D eigenvalue weighted by Crippen LogP contribution is -2.43. The maximum Gasteiger partial charge on any atom is 0.247 e. The average Bonchev–Trinajstić information content (AvgIpc) is 2.87. The molecule has 1 aliphatic rings. The standard InChI is InChI=1S/C27H34FN3O5/c28-21-14-12-20(13-15-21)18-35-19-26(33)29-16-6-5-9-23-27(34)31-22-8-3-4-10-24(22)36-17-7-1-2-11-25(32)30-23/h3-4,8,10,12-15,23H,1-2,5-7,9,11,16-19H2,(H,29,33)(H,30,32)(H,31,34)/t23-/m0/s1. The third kappa shape index (κ3) is 9.65. The first-order valence-corrected chi connectivity index (χ1v) is 12.4. The maximum atomic E-state index is 13.0. The highest BCUT2D eigenvalue weighted by Crippen LogP contribution is 2.25. The summed E-state index contributed by atoms with van der Waals surface area (Å²) in [6.45, 7) is 1.08. The molecule has 3 amide bonds. The number of hydrogen-bond donors (Lipinski definition) is 3. The fourth-order valence-corrected chi connectivity index (χ4v) is 3.79. The van der Waals surface area contributed by atoms with Crippen LogP contribution in [0.4, 0.5) is 10.1 Å². The zero-order valence-corrected chi connectivity index (χ0v) is 20.4. The number of para-hydroxylation sites is 2. The molecular formula is C27H34FN3O5. The van der Waals surface area contributed by atoms with Crippen molar-refractivity contribution in [1.82, 2.24) is 10.6 Å². The Balaban J connectivity index is 1.42. The molecule has 1 atom stereocenters. The van der Waals surface area contributed by atoms with E-state index in [1.807, 2.05) is 18.2 Å². The van der Waals surface area contributed by atoms with Crippen molar-refractivity contribution in [2.24, 2.45) is 0 Å². The molecule has 3 rings (SSSR count). The molecule has 36 heavy (non-hydrogen) atoms. The van der Waals surface area contributed by atoms with Crippen molar-refractivity contribution in [3.8, 4) is 5.75 Å². The molecule has 2 aromatic carbocycles. The summed E-state index contributed by atoms with van der Waals surface area (Å²) in [5, 5.41) is 8.53. The first-order chi connectivity index (χ1) is 17.5. The van der Waals surface area contributed by atoms with Crippen LogP contribution < -0.4 is 20.7 Å². The predicted octanol–water partition coefficient (Wildman–Crippen LogP) is 3.71. The Hall–Kier alpha value is -3.46. The number of fused-ring (bicyclic) bond motifs is 1. The van der Waals surface area contributed by atoms with Gasteiger partial charge in [0.2, 0.25) is 17.7 Å². The van der Waals surface area contributed by atoms with Crippen molar-refractivity contribution >= 4 is 23.4 Å². The number of ether oxygens (including phenoxy) is 2. The lowest BCUT2D eigenvalue weighted by Gasteiger charge is -2.19. The van der Waals surface area contributed by atoms with Gasteiger partial charge in [0.15, 0.2) is 0 Å². The van der Waals surface area contributed by atoms with Crippen LogP contribution in [0, 0.1) is 5.82 Å². The lowest BCUT2D eigenvalue weighted by molar-refractivity contribution is -0.126. The molecule has 9 heteroatoms. The number of rotatable bonds is 9. The zero-order chi connectivity index (χ0) is 25.6. The predicted molar refractivity (Wildman–Crippen MR) is 134 cm³/mol. The highest BCUT2D eigenvalue weighted by atomic mass is 19.1. The normalized spacial score (nSPS) is 16.8. The van der Waals surface area contributed by atoms with Gasteiger partial charge >= 0.3 is 0 Å². The van der Waals surface area contributed by atoms with Gasteiger partial charge in [0.1, 0.15) is 24.2 Å². The molecule has 0 aromatic heterocycles. The Morgan fingerprint density at radius 2 is 1.86 bits per heavy atom. The third-order valence-corrected chi connectivity index (χ3v) is 5.76. The van der Waals surface area contributed by atoms with Crippen molar-refractivity contribution in [2.45, 2.75) is 57.6 Å². The van der Waals surface area contributed by atoms with E-state index in [4.69, 9.17) is 9.47 Å². The highest BCUT2D eigenvalue weighted by molar-refractivity contribution is 5.98. The number of amides is 3. The molecule has 8 nitrogen and oxygen atoms in total. The molecular weight excluding hydrogens is 465 g/mol. The van der Waals surface area contributed by atoms with Crippen molar-refractivity contribution in [3.63, 3.8) is 0 Å². The molecule has 0 radical (unpaired) electrons. The van der Waals surface area contributed by atoms with E-state index in [0.29, 0.717) is 50.3 Å². The molecule has 0 bridgehead atoms. The molecule has 1 aliphatic heterocycles. The van der Waals surface area contributed by atoms with Crippen LogP contribution in [-0.4, -0.2) is 43.5 Å². The molecule has 0 spiro atoms. The number of anilines is 1. The van der Waals surface area contributed by atoms with Crippen LogP contribution in [0.1, 0.15) is 50.5 Å². The van der Waals surface area contributed by atoms with Crippen LogP contribution in [0.25, 0.3) is 0 Å². The smallest absolute Gasteiger partial charge is 0.247 e. The minimum atomic E-state index is -0.680. The van der Waals surface area contributed by atoms with Crippen molar-refractivity contribution in [3.05, 3.63) is 59.9 Å². The van der Waals surface area contributed by atoms with E-state index in [9.17, 15) is 18.8 Å². The molecule has 1 heterocycles. The molecule has 2 aromatic rings. The van der Waals surface area contributed by atoms with Gasteiger partial charge in [-0.2, -0.15) is 0 Å². The summed E-state index contributed by atoms with van der Waals surface area (Å²) in [5.41, 5.74) is 1.36. The summed E-state index contributed by atoms with van der Waals surface area (Å²) in [4.78, 5) is 37.3. The maximum absolute atomic E-state index is 13.0. The summed E-state index contributed by atoms with van der Waals surface area (Å²) in [6.07, 6.45) is 4.52. The fourth-order valence-electron chi connectivity index (χ4n) is 3.79. The second kappa shape index (κ2) is 14.8. The fraction of sp³-hybridized carbons (Fsp3) is 0.444. The molecule has 194 valence electrons. The quantitative estimate of drug-likeness (QED) is 0.456. The third-order valence-electron chi connectivity index (χ3n) is 5.76. The Morgan fingerprint density at radius 3 is 2.69 bits per heavy atom. The van der Waals surface area contributed by atoms with E-state index in [0.717, 1.165) is 24.8 Å². The summed E-state index contributed by atoms with van der Waals surface area (Å²) in [6, 6.07) is 12.5. The van der Waals surface area contributed by atoms with Gasteiger partial charge in [0.25, 0.3) is 0 Å². The number of carbonyl (C=O) groups is 3. The summed E-state index contributed by atoms with van der Waals surface area (Å²) in [7, 11) is 0. The van der Waals surface area contributed by atoms with Gasteiger partial charge in [-0.25, -0.2) is 4.39 Å². The Kier molecular flexibility index (Phi) is 11.2. The first-order valence-electron chi connectivity index (χ1n) is 12.4. The lowest BCUT2D eigenvalue weighted by atomic mass is 10.1. The summed E-state index contributed by atoms with van der Waals surface area (Å²) < 4.78 is 24.1. The van der Waals surface area contributed by atoms with Gasteiger partial charge in [0.05, 0.1) is 18.9 Å². The van der Waals surface area contributed by atoms with Gasteiger partial charge in [0, 0.05) is 13.0 Å². The van der Waals surface area contributed by atoms with Crippen molar-refractivity contribution in [1.29, 1.82) is 0 Å². The molecule has 0 saturated heterocycles. The molecule has 3 N–H and O–H groups in total. The van der Waals surface area contributed by atoms with Crippen LogP contribution in [0.3, 0.4) is 0 Å². The van der Waals surface area contributed by atoms with E-state index in [2.05, 4.69) is 16.0 Å². The highest BCUT2D eigenvalue weighted by Gasteiger charge is 2.22. The van der Waals surface area contributed by atoms with Crippen LogP contribution in [0.2, 0.25) is 0 Å². The van der Waals surface area contributed by atoms with Gasteiger partial charge < -0.3 is 25.4 Å². The van der Waals surface area contributed by atoms with E-state index < -0.39 is 6.04 Å². The van der Waals surface area contributed by atoms with Gasteiger partial charge in [-0.05, 0) is 68.4 Å². The van der Waals surface area contributed by atoms with Gasteiger partial charge in [-0.15, -0.1) is 0 Å². The number of benzene rings is 2. The molecule has 0 aliphatic carbocycles. The molecule has 0 saturated carbocycles. The number of unbranched alkanes of at least 4 members (excludes halogenated alkanes) is 1. The zero-order valence-electron chi connectivity index (χ0n) is 20.4. The van der Waals surface area contributed by atoms with Gasteiger partial charge in [-0.3, -0.25) is 14.4 Å². The van der Waals surface area contributed by atoms with Gasteiger partial charge in [-0.1, -0.05) is 24.3 Å². The minimum Gasteiger partial charge on any atom is -0.491 e. The largest absolute Gasteiger partial charge is 0.491 e. The average molecular weight is 500 g/mol. The minimum absolute atomic E-state index is 0.0973. The monoisotopic (exact) mass is 499 g/mol. The second-order valence-electron chi connectivity index (χ2n) is 8.73. The number of halogens is 1. The second-order valence-corrected chi connectivity index (χ2v) is 8.73. The first kappa shape index (κ1) is 27.1. The molecule has 0 fully saturated rings. The summed E-state index contributed by atoms with van der Waals surface area (Å²) >= 11 is 0. The number of nitrogens with one attached hydrogen (secondary N) is 3. The Labute approximate surface area is 210 Å². The van der Waals surface area contributed by atoms with Crippen LogP contribution >= 0.6 is 0 Å². The Morgan fingerprint density at radius 1 is 1.06 bits per heavy atom. The van der Waals surface area contributed by atoms with E-state index in [1.54, 1.807) is 18.2 Å². The van der Waals surface area contributed by atoms with Crippen LogP contribution in [0.15, 0.2) is 48.5 Å². The summed E-state index contributed by atoms with van der Waals surface area (Å²) in [5.74, 6) is -0.396. The van der Waals surface area contributed by atoms with E-state index >= 15 is 0 Å². The number of carbonyl (C=O) groups excluding carboxylic acids is 3. The van der Waals surface area contributed by atoms with E-state index in [-0.39, 0.29) is 36.8 Å². The Bertz CT molecular complexity index is 999. The SMILES string of the molecule is O=C(COCc1ccc(F)cc1)NCCCC[C@@H]1NC(=O)CCCCCOc2ccccc2NC1=O. The van der Waals surface area contributed by atoms with Crippen molar-refractivity contribution < 1.29 is 28.2 Å².